The van der Waals surface area contributed by atoms with Gasteiger partial charge in [-0.25, -0.2) is 8.42 Å². The van der Waals surface area contributed by atoms with Crippen molar-refractivity contribution in [2.75, 3.05) is 27.4 Å². The highest BCUT2D eigenvalue weighted by Gasteiger charge is 2.26. The van der Waals surface area contributed by atoms with Gasteiger partial charge in [0.05, 0.1) is 13.2 Å². The third-order valence-electron chi connectivity index (χ3n) is 1.72. The van der Waals surface area contributed by atoms with Crippen molar-refractivity contribution in [3.05, 3.63) is 0 Å². The first kappa shape index (κ1) is 14.3. The maximum Gasteiger partial charge on any atom is 0.242 e. The SMILES string of the molecule is CCC(=O)NS(=O)(=O)C(COC)COC. The minimum Gasteiger partial charge on any atom is -0.383 e. The van der Waals surface area contributed by atoms with Gasteiger partial charge >= 0.3 is 0 Å². The first-order valence-electron chi connectivity index (χ1n) is 4.50. The summed E-state index contributed by atoms with van der Waals surface area (Å²) in [5.74, 6) is -0.535. The Labute approximate surface area is 90.0 Å². The Morgan fingerprint density at radius 2 is 1.73 bits per heavy atom. The van der Waals surface area contributed by atoms with E-state index in [0.717, 1.165) is 0 Å². The molecule has 0 aliphatic carbocycles. The largest absolute Gasteiger partial charge is 0.383 e. The molecular weight excluding hydrogens is 222 g/mol. The van der Waals surface area contributed by atoms with Gasteiger partial charge in [0.25, 0.3) is 0 Å². The standard InChI is InChI=1S/C8H17NO5S/c1-4-8(10)9-15(11,12)7(5-13-2)6-14-3/h7H,4-6H2,1-3H3,(H,9,10). The summed E-state index contributed by atoms with van der Waals surface area (Å²) in [7, 11) is -0.930. The first-order valence-corrected chi connectivity index (χ1v) is 6.04. The van der Waals surface area contributed by atoms with E-state index in [1.165, 1.54) is 14.2 Å². The molecule has 0 heterocycles. The fourth-order valence-electron chi connectivity index (χ4n) is 0.913. The van der Waals surface area contributed by atoms with Gasteiger partial charge in [-0.3, -0.25) is 9.52 Å². The Kier molecular flexibility index (Phi) is 6.46. The average molecular weight is 239 g/mol. The van der Waals surface area contributed by atoms with Crippen LogP contribution >= 0.6 is 0 Å². The van der Waals surface area contributed by atoms with Crippen molar-refractivity contribution < 1.29 is 22.7 Å². The van der Waals surface area contributed by atoms with Gasteiger partial charge in [0, 0.05) is 20.6 Å². The fourth-order valence-corrected chi connectivity index (χ4v) is 2.17. The van der Waals surface area contributed by atoms with Crippen molar-refractivity contribution in [3.63, 3.8) is 0 Å². The van der Waals surface area contributed by atoms with Gasteiger partial charge in [0.2, 0.25) is 15.9 Å². The lowest BCUT2D eigenvalue weighted by Crippen LogP contribution is -2.42. The summed E-state index contributed by atoms with van der Waals surface area (Å²) in [5.41, 5.74) is 0. The molecule has 7 heteroatoms. The Hall–Kier alpha value is -0.660. The molecule has 0 aromatic carbocycles. The summed E-state index contributed by atoms with van der Waals surface area (Å²) in [6, 6.07) is 0. The number of amides is 1. The van der Waals surface area contributed by atoms with Gasteiger partial charge in [-0.2, -0.15) is 0 Å². The van der Waals surface area contributed by atoms with E-state index in [9.17, 15) is 13.2 Å². The van der Waals surface area contributed by atoms with Crippen LogP contribution in [0, 0.1) is 0 Å². The van der Waals surface area contributed by atoms with E-state index in [4.69, 9.17) is 9.47 Å². The second-order valence-electron chi connectivity index (χ2n) is 2.96. The zero-order valence-electron chi connectivity index (χ0n) is 9.15. The molecule has 0 saturated carbocycles. The minimum absolute atomic E-state index is 0.0137. The number of ether oxygens (including phenoxy) is 2. The molecule has 0 aromatic rings. The highest BCUT2D eigenvalue weighted by molar-refractivity contribution is 7.90. The molecule has 0 aliphatic heterocycles. The summed E-state index contributed by atoms with van der Waals surface area (Å²) in [4.78, 5) is 11.0. The topological polar surface area (TPSA) is 81.7 Å². The normalized spacial score (nSPS) is 11.7. The molecule has 0 atom stereocenters. The lowest BCUT2D eigenvalue weighted by atomic mass is 10.5. The predicted octanol–water partition coefficient (Wildman–Crippen LogP) is -0.496. The number of nitrogens with one attached hydrogen (secondary N) is 1. The number of sulfonamides is 1. The highest BCUT2D eigenvalue weighted by Crippen LogP contribution is 2.01. The van der Waals surface area contributed by atoms with Crippen molar-refractivity contribution in [3.8, 4) is 0 Å². The Morgan fingerprint density at radius 3 is 2.07 bits per heavy atom. The molecule has 15 heavy (non-hydrogen) atoms. The molecule has 0 aromatic heterocycles. The van der Waals surface area contributed by atoms with E-state index in [1.807, 2.05) is 4.72 Å². The Morgan fingerprint density at radius 1 is 1.27 bits per heavy atom. The zero-order valence-corrected chi connectivity index (χ0v) is 9.96. The molecule has 0 saturated heterocycles. The third-order valence-corrected chi connectivity index (χ3v) is 3.38. The van der Waals surface area contributed by atoms with Gasteiger partial charge in [-0.1, -0.05) is 6.92 Å². The van der Waals surface area contributed by atoms with Crippen LogP contribution in [0.4, 0.5) is 0 Å². The molecule has 1 N–H and O–H groups in total. The van der Waals surface area contributed by atoms with E-state index in [1.54, 1.807) is 6.92 Å². The number of rotatable bonds is 7. The predicted molar refractivity (Wildman–Crippen MR) is 54.9 cm³/mol. The van der Waals surface area contributed by atoms with Crippen LogP contribution in [-0.2, 0) is 24.3 Å². The van der Waals surface area contributed by atoms with Crippen molar-refractivity contribution in [2.45, 2.75) is 18.6 Å². The van der Waals surface area contributed by atoms with E-state index in [0.29, 0.717) is 0 Å². The minimum atomic E-state index is -3.71. The smallest absolute Gasteiger partial charge is 0.242 e. The quantitative estimate of drug-likeness (QED) is 0.648. The number of carbonyl (C=O) groups excluding carboxylic acids is 1. The summed E-state index contributed by atoms with van der Waals surface area (Å²) in [5, 5.41) is -0.872. The van der Waals surface area contributed by atoms with Crippen LogP contribution in [0.15, 0.2) is 0 Å². The molecule has 0 fully saturated rings. The molecule has 0 radical (unpaired) electrons. The second-order valence-corrected chi connectivity index (χ2v) is 4.92. The summed E-state index contributed by atoms with van der Waals surface area (Å²) >= 11 is 0. The number of carbonyl (C=O) groups is 1. The second kappa shape index (κ2) is 6.76. The van der Waals surface area contributed by atoms with Crippen LogP contribution in [0.5, 0.6) is 0 Å². The molecule has 0 rings (SSSR count). The van der Waals surface area contributed by atoms with Crippen LogP contribution < -0.4 is 4.72 Å². The van der Waals surface area contributed by atoms with E-state index >= 15 is 0 Å². The van der Waals surface area contributed by atoms with Crippen LogP contribution in [0.1, 0.15) is 13.3 Å². The molecule has 0 bridgehead atoms. The summed E-state index contributed by atoms with van der Waals surface area (Å²) in [6.07, 6.45) is 0.117. The average Bonchev–Trinajstić information content (AvgIpc) is 2.16. The third kappa shape index (κ3) is 5.10. The van der Waals surface area contributed by atoms with Crippen LogP contribution in [0.2, 0.25) is 0 Å². The number of hydrogen-bond donors (Lipinski definition) is 1. The summed E-state index contributed by atoms with van der Waals surface area (Å²) < 4.78 is 34.6. The van der Waals surface area contributed by atoms with Gasteiger partial charge in [-0.15, -0.1) is 0 Å². The van der Waals surface area contributed by atoms with Gasteiger partial charge in [0.1, 0.15) is 5.25 Å². The molecule has 0 unspecified atom stereocenters. The van der Waals surface area contributed by atoms with Gasteiger partial charge in [-0.05, 0) is 0 Å². The van der Waals surface area contributed by atoms with Gasteiger partial charge < -0.3 is 9.47 Å². The van der Waals surface area contributed by atoms with Crippen molar-refractivity contribution in [2.24, 2.45) is 0 Å². The van der Waals surface area contributed by atoms with E-state index in [2.05, 4.69) is 0 Å². The van der Waals surface area contributed by atoms with E-state index < -0.39 is 21.2 Å². The molecule has 90 valence electrons. The monoisotopic (exact) mass is 239 g/mol. The molecule has 6 nitrogen and oxygen atoms in total. The first-order chi connectivity index (χ1) is 6.97. The number of hydrogen-bond acceptors (Lipinski definition) is 5. The van der Waals surface area contributed by atoms with Crippen molar-refractivity contribution >= 4 is 15.9 Å². The van der Waals surface area contributed by atoms with Crippen LogP contribution in [0.25, 0.3) is 0 Å². The van der Waals surface area contributed by atoms with Crippen LogP contribution in [-0.4, -0.2) is 47.0 Å². The fraction of sp³-hybridized carbons (Fsp3) is 0.875. The maximum atomic E-state index is 11.6. The molecule has 0 spiro atoms. The van der Waals surface area contributed by atoms with Crippen molar-refractivity contribution in [1.29, 1.82) is 0 Å². The molecule has 0 aliphatic rings. The Bertz CT molecular complexity index is 281. The van der Waals surface area contributed by atoms with Crippen LogP contribution in [0.3, 0.4) is 0 Å². The lowest BCUT2D eigenvalue weighted by Gasteiger charge is -2.16. The van der Waals surface area contributed by atoms with E-state index in [-0.39, 0.29) is 19.6 Å². The highest BCUT2D eigenvalue weighted by atomic mass is 32.2. The maximum absolute atomic E-state index is 11.6. The Balaban J connectivity index is 4.56. The van der Waals surface area contributed by atoms with Crippen molar-refractivity contribution in [1.82, 2.24) is 4.72 Å². The van der Waals surface area contributed by atoms with Gasteiger partial charge in [0.15, 0.2) is 0 Å². The number of methoxy groups -OCH3 is 2. The zero-order chi connectivity index (χ0) is 11.9. The lowest BCUT2D eigenvalue weighted by molar-refractivity contribution is -0.119. The molecule has 1 amide bonds. The molecular formula is C8H17NO5S. The summed E-state index contributed by atoms with van der Waals surface area (Å²) in [6.45, 7) is 1.55.